The number of aliphatic imine (C=N–C) groups is 1. The van der Waals surface area contributed by atoms with Crippen LogP contribution in [0.25, 0.3) is 85.3 Å². The van der Waals surface area contributed by atoms with Gasteiger partial charge in [0.25, 0.3) is 0 Å². The minimum Gasteiger partial charge on any atom is -0.437 e. The molecular formula is C46H27N3OS. The molecule has 5 heteroatoms. The molecule has 1 N–H and O–H groups in total. The Labute approximate surface area is 295 Å². The molecule has 0 fully saturated rings. The van der Waals surface area contributed by atoms with Crippen molar-refractivity contribution in [1.29, 1.82) is 0 Å². The first kappa shape index (κ1) is 27.4. The van der Waals surface area contributed by atoms with Gasteiger partial charge in [-0.2, -0.15) is 4.99 Å². The number of rotatable bonds is 1. The van der Waals surface area contributed by atoms with E-state index in [9.17, 15) is 0 Å². The van der Waals surface area contributed by atoms with Crippen LogP contribution in [0.1, 0.15) is 17.2 Å². The van der Waals surface area contributed by atoms with E-state index in [1.807, 2.05) is 11.3 Å². The molecule has 0 radical (unpaired) electrons. The second kappa shape index (κ2) is 10.1. The molecule has 12 rings (SSSR count). The highest BCUT2D eigenvalue weighted by Gasteiger charge is 2.33. The first-order valence-electron chi connectivity index (χ1n) is 17.3. The van der Waals surface area contributed by atoms with Crippen molar-refractivity contribution in [3.8, 4) is 0 Å². The van der Waals surface area contributed by atoms with Gasteiger partial charge in [0.2, 0.25) is 11.8 Å². The van der Waals surface area contributed by atoms with E-state index < -0.39 is 0 Å². The Morgan fingerprint density at radius 3 is 1.90 bits per heavy atom. The van der Waals surface area contributed by atoms with Crippen molar-refractivity contribution in [3.63, 3.8) is 0 Å². The zero-order chi connectivity index (χ0) is 33.2. The number of furan rings is 1. The standard InChI is InChI=1S/C46H27N3OS/c1-2-14-26(15-3-1)41-40-38-29-18-6-4-16-27(29)28-17-5-9-21-32(28)43(38)50-45(40)48-46(47-41)49-35-24-12-10-22-33(35)39-42(49)31-20-8-7-19-30(31)37-34-23-11-13-25-36(34)51-44(37)39/h1-25,41H,(H,47,48). The van der Waals surface area contributed by atoms with E-state index in [1.54, 1.807) is 0 Å². The van der Waals surface area contributed by atoms with Crippen LogP contribution in [0.3, 0.4) is 0 Å². The van der Waals surface area contributed by atoms with Crippen LogP contribution in [0.15, 0.2) is 161 Å². The molecule has 4 heterocycles. The number of aromatic nitrogens is 1. The van der Waals surface area contributed by atoms with Crippen LogP contribution in [0.4, 0.5) is 5.88 Å². The van der Waals surface area contributed by atoms with Crippen molar-refractivity contribution in [2.24, 2.45) is 4.99 Å². The summed E-state index contributed by atoms with van der Waals surface area (Å²) in [5.74, 6) is 1.40. The monoisotopic (exact) mass is 669 g/mol. The summed E-state index contributed by atoms with van der Waals surface area (Å²) < 4.78 is 11.9. The van der Waals surface area contributed by atoms with Crippen LogP contribution >= 0.6 is 11.3 Å². The highest BCUT2D eigenvalue weighted by atomic mass is 32.1. The lowest BCUT2D eigenvalue weighted by Gasteiger charge is -2.26. The zero-order valence-electron chi connectivity index (χ0n) is 27.2. The minimum atomic E-state index is -0.199. The van der Waals surface area contributed by atoms with Gasteiger partial charge in [-0.05, 0) is 39.2 Å². The van der Waals surface area contributed by atoms with E-state index in [2.05, 4.69) is 162 Å². The number of thiophene rings is 1. The molecule has 0 bridgehead atoms. The van der Waals surface area contributed by atoms with E-state index in [-0.39, 0.29) is 6.04 Å². The highest BCUT2D eigenvalue weighted by molar-refractivity contribution is 7.27. The summed E-state index contributed by atoms with van der Waals surface area (Å²) in [5.41, 5.74) is 5.36. The first-order chi connectivity index (χ1) is 25.3. The predicted molar refractivity (Wildman–Crippen MR) is 215 cm³/mol. The van der Waals surface area contributed by atoms with Crippen LogP contribution in [-0.4, -0.2) is 10.5 Å². The first-order valence-corrected chi connectivity index (χ1v) is 18.2. The lowest BCUT2D eigenvalue weighted by molar-refractivity contribution is 0.603. The van der Waals surface area contributed by atoms with Crippen molar-refractivity contribution in [3.05, 3.63) is 163 Å². The van der Waals surface area contributed by atoms with Gasteiger partial charge in [0.15, 0.2) is 0 Å². The van der Waals surface area contributed by atoms with Crippen molar-refractivity contribution < 1.29 is 4.42 Å². The van der Waals surface area contributed by atoms with Gasteiger partial charge >= 0.3 is 0 Å². The largest absolute Gasteiger partial charge is 0.437 e. The molecule has 238 valence electrons. The third-order valence-electron chi connectivity index (χ3n) is 10.8. The molecule has 11 aromatic rings. The third-order valence-corrected chi connectivity index (χ3v) is 12.0. The fourth-order valence-electron chi connectivity index (χ4n) is 8.77. The van der Waals surface area contributed by atoms with Crippen LogP contribution < -0.4 is 5.32 Å². The Morgan fingerprint density at radius 1 is 0.529 bits per heavy atom. The topological polar surface area (TPSA) is 42.5 Å². The van der Waals surface area contributed by atoms with Gasteiger partial charge in [-0.25, -0.2) is 0 Å². The maximum atomic E-state index is 6.97. The molecule has 8 aromatic carbocycles. The third kappa shape index (κ3) is 3.60. The molecule has 1 atom stereocenters. The Hall–Kier alpha value is -6.43. The van der Waals surface area contributed by atoms with E-state index >= 15 is 0 Å². The number of hydrogen-bond donors (Lipinski definition) is 1. The van der Waals surface area contributed by atoms with Crippen molar-refractivity contribution >= 4 is 108 Å². The molecule has 1 aliphatic rings. The van der Waals surface area contributed by atoms with E-state index in [1.165, 1.54) is 57.9 Å². The van der Waals surface area contributed by atoms with Gasteiger partial charge in [0.05, 0.1) is 22.6 Å². The van der Waals surface area contributed by atoms with Gasteiger partial charge in [0, 0.05) is 47.1 Å². The number of para-hydroxylation sites is 1. The Balaban J connectivity index is 1.25. The summed E-state index contributed by atoms with van der Waals surface area (Å²) in [7, 11) is 0. The average Bonchev–Trinajstić information content (AvgIpc) is 3.89. The Bertz CT molecular complexity index is 3290. The molecule has 1 aliphatic heterocycles. The zero-order valence-corrected chi connectivity index (χ0v) is 28.0. The van der Waals surface area contributed by atoms with Crippen molar-refractivity contribution in [1.82, 2.24) is 9.88 Å². The number of fused-ring (bicyclic) bond motifs is 18. The maximum Gasteiger partial charge on any atom is 0.228 e. The lowest BCUT2D eigenvalue weighted by Crippen LogP contribution is -2.36. The smallest absolute Gasteiger partial charge is 0.228 e. The van der Waals surface area contributed by atoms with E-state index in [0.717, 1.165) is 44.5 Å². The summed E-state index contributed by atoms with van der Waals surface area (Å²) in [6.07, 6.45) is 0. The molecule has 4 nitrogen and oxygen atoms in total. The molecule has 0 aliphatic carbocycles. The Kier molecular flexibility index (Phi) is 5.41. The second-order valence-corrected chi connectivity index (χ2v) is 14.5. The fourth-order valence-corrected chi connectivity index (χ4v) is 10.1. The van der Waals surface area contributed by atoms with Gasteiger partial charge in [-0.1, -0.05) is 140 Å². The lowest BCUT2D eigenvalue weighted by atomic mass is 9.91. The van der Waals surface area contributed by atoms with E-state index in [4.69, 9.17) is 9.41 Å². The number of hydrogen-bond acceptors (Lipinski definition) is 4. The summed E-state index contributed by atoms with van der Waals surface area (Å²) in [4.78, 5) is 5.45. The number of nitrogens with one attached hydrogen (secondary N) is 1. The van der Waals surface area contributed by atoms with Crippen molar-refractivity contribution in [2.75, 3.05) is 0 Å². The average molecular weight is 670 g/mol. The highest BCUT2D eigenvalue weighted by Crippen LogP contribution is 2.50. The quantitative estimate of drug-likeness (QED) is 0.177. The van der Waals surface area contributed by atoms with E-state index in [0.29, 0.717) is 5.88 Å². The molecule has 0 amide bonds. The molecule has 51 heavy (non-hydrogen) atoms. The van der Waals surface area contributed by atoms with Gasteiger partial charge in [-0.15, -0.1) is 11.3 Å². The number of nitrogens with zero attached hydrogens (tertiary/aromatic N) is 2. The maximum absolute atomic E-state index is 6.97. The summed E-state index contributed by atoms with van der Waals surface area (Å²) >= 11 is 1.88. The molecule has 0 saturated carbocycles. The van der Waals surface area contributed by atoms with Crippen LogP contribution in [0.5, 0.6) is 0 Å². The summed E-state index contributed by atoms with van der Waals surface area (Å²) in [5, 5.41) is 17.3. The second-order valence-electron chi connectivity index (χ2n) is 13.5. The van der Waals surface area contributed by atoms with Crippen LogP contribution in [-0.2, 0) is 0 Å². The normalized spacial score (nSPS) is 14.7. The molecule has 0 spiro atoms. The molecule has 1 unspecified atom stereocenters. The molecule has 3 aromatic heterocycles. The Morgan fingerprint density at radius 2 is 1.12 bits per heavy atom. The fraction of sp³-hybridized carbons (Fsp3) is 0.0217. The van der Waals surface area contributed by atoms with Gasteiger partial charge in [-0.3, -0.25) is 4.57 Å². The minimum absolute atomic E-state index is 0.199. The summed E-state index contributed by atoms with van der Waals surface area (Å²) in [6.45, 7) is 0. The summed E-state index contributed by atoms with van der Waals surface area (Å²) in [6, 6.07) is 54.2. The SMILES string of the molecule is c1ccc(C2NC(n3c4ccccc4c4c5sc6ccccc6c5c5ccccc5c43)=Nc3oc4c5ccccc5c5ccccc5c4c32)cc1. The predicted octanol–water partition coefficient (Wildman–Crippen LogP) is 12.6. The number of benzene rings is 8. The molecule has 0 saturated heterocycles. The van der Waals surface area contributed by atoms with Gasteiger partial charge < -0.3 is 9.73 Å². The molecular weight excluding hydrogens is 643 g/mol. The van der Waals surface area contributed by atoms with Crippen LogP contribution in [0, 0.1) is 0 Å². The van der Waals surface area contributed by atoms with Gasteiger partial charge in [0.1, 0.15) is 5.58 Å². The van der Waals surface area contributed by atoms with Crippen molar-refractivity contribution in [2.45, 2.75) is 6.04 Å². The van der Waals surface area contributed by atoms with Crippen LogP contribution in [0.2, 0.25) is 0 Å².